The molecule has 0 atom stereocenters. The summed E-state index contributed by atoms with van der Waals surface area (Å²) in [7, 11) is 0. The van der Waals surface area contributed by atoms with Crippen LogP contribution in [0.3, 0.4) is 0 Å². The van der Waals surface area contributed by atoms with Gasteiger partial charge in [0.15, 0.2) is 5.82 Å². The van der Waals surface area contributed by atoms with Crippen LogP contribution in [0.25, 0.3) is 0 Å². The Kier molecular flexibility index (Phi) is 2.72. The maximum Gasteiger partial charge on any atom is 0.270 e. The predicted octanol–water partition coefficient (Wildman–Crippen LogP) is -0.893. The van der Waals surface area contributed by atoms with E-state index in [1.54, 1.807) is 18.2 Å². The zero-order valence-electron chi connectivity index (χ0n) is 8.21. The van der Waals surface area contributed by atoms with E-state index in [2.05, 4.69) is 30.9 Å². The van der Waals surface area contributed by atoms with Gasteiger partial charge in [-0.15, -0.1) is 10.2 Å². The van der Waals surface area contributed by atoms with Crippen LogP contribution in [0.2, 0.25) is 0 Å². The average molecular weight is 219 g/mol. The fourth-order valence-electron chi connectivity index (χ4n) is 1.09. The quantitative estimate of drug-likeness (QED) is 0.615. The molecule has 0 aliphatic carbocycles. The third-order valence-corrected chi connectivity index (χ3v) is 1.80. The summed E-state index contributed by atoms with van der Waals surface area (Å²) < 4.78 is 0. The number of nitrogens with two attached hydrogens (primary N) is 1. The summed E-state index contributed by atoms with van der Waals surface area (Å²) >= 11 is 0. The van der Waals surface area contributed by atoms with Crippen LogP contribution in [0.1, 0.15) is 16.3 Å². The van der Waals surface area contributed by atoms with Gasteiger partial charge in [-0.2, -0.15) is 5.21 Å². The van der Waals surface area contributed by atoms with Crippen molar-refractivity contribution in [1.29, 1.82) is 0 Å². The summed E-state index contributed by atoms with van der Waals surface area (Å²) in [5.74, 6) is 0.363. The van der Waals surface area contributed by atoms with Gasteiger partial charge in [-0.25, -0.2) is 4.98 Å². The van der Waals surface area contributed by atoms with Gasteiger partial charge >= 0.3 is 0 Å². The summed E-state index contributed by atoms with van der Waals surface area (Å²) in [5.41, 5.74) is 5.71. The third-order valence-electron chi connectivity index (χ3n) is 1.80. The average Bonchev–Trinajstić information content (AvgIpc) is 2.78. The standard InChI is InChI=1S/C8H9N7O/c9-6-3-1-2-5(11-6)8(16)10-4-7-12-14-15-13-7/h1-3H,4H2,(H2,9,11)(H,10,16)(H,12,13,14,15). The molecule has 0 bridgehead atoms. The van der Waals surface area contributed by atoms with E-state index >= 15 is 0 Å². The number of rotatable bonds is 3. The zero-order valence-corrected chi connectivity index (χ0v) is 8.21. The van der Waals surface area contributed by atoms with Crippen molar-refractivity contribution in [1.82, 2.24) is 30.9 Å². The molecule has 0 saturated heterocycles. The Morgan fingerprint density at radius 3 is 3.06 bits per heavy atom. The van der Waals surface area contributed by atoms with Crippen LogP contribution in [-0.4, -0.2) is 31.5 Å². The van der Waals surface area contributed by atoms with E-state index in [9.17, 15) is 4.79 Å². The minimum Gasteiger partial charge on any atom is -0.384 e. The van der Waals surface area contributed by atoms with E-state index in [4.69, 9.17) is 5.73 Å². The second-order valence-corrected chi connectivity index (χ2v) is 2.96. The predicted molar refractivity (Wildman–Crippen MR) is 54.0 cm³/mol. The lowest BCUT2D eigenvalue weighted by Gasteiger charge is -2.01. The van der Waals surface area contributed by atoms with Gasteiger partial charge in [0, 0.05) is 0 Å². The monoisotopic (exact) mass is 219 g/mol. The Labute approximate surface area is 90.3 Å². The Balaban J connectivity index is 1.98. The van der Waals surface area contributed by atoms with Crippen molar-refractivity contribution in [3.05, 3.63) is 29.7 Å². The van der Waals surface area contributed by atoms with E-state index in [0.29, 0.717) is 11.6 Å². The molecule has 0 saturated carbocycles. The molecule has 82 valence electrons. The topological polar surface area (TPSA) is 122 Å². The maximum atomic E-state index is 11.6. The Hall–Kier alpha value is -2.51. The Morgan fingerprint density at radius 1 is 1.50 bits per heavy atom. The number of pyridine rings is 1. The van der Waals surface area contributed by atoms with Crippen molar-refractivity contribution in [2.45, 2.75) is 6.54 Å². The highest BCUT2D eigenvalue weighted by Gasteiger charge is 2.08. The fraction of sp³-hybridized carbons (Fsp3) is 0.125. The summed E-state index contributed by atoms with van der Waals surface area (Å²) in [5, 5.41) is 15.6. The fourth-order valence-corrected chi connectivity index (χ4v) is 1.09. The first kappa shape index (κ1) is 10.0. The van der Waals surface area contributed by atoms with Crippen molar-refractivity contribution >= 4 is 11.7 Å². The minimum absolute atomic E-state index is 0.186. The zero-order chi connectivity index (χ0) is 11.4. The molecule has 0 spiro atoms. The van der Waals surface area contributed by atoms with E-state index < -0.39 is 0 Å². The molecule has 2 rings (SSSR count). The maximum absolute atomic E-state index is 11.6. The van der Waals surface area contributed by atoms with Gasteiger partial charge < -0.3 is 11.1 Å². The molecule has 2 aromatic rings. The Morgan fingerprint density at radius 2 is 2.38 bits per heavy atom. The lowest BCUT2D eigenvalue weighted by atomic mass is 10.3. The molecule has 4 N–H and O–H groups in total. The normalized spacial score (nSPS) is 10.0. The summed E-state index contributed by atoms with van der Waals surface area (Å²) in [6.07, 6.45) is 0. The molecular weight excluding hydrogens is 210 g/mol. The lowest BCUT2D eigenvalue weighted by Crippen LogP contribution is -2.24. The molecule has 0 unspecified atom stereocenters. The largest absolute Gasteiger partial charge is 0.384 e. The van der Waals surface area contributed by atoms with Gasteiger partial charge in [-0.3, -0.25) is 4.79 Å². The number of nitrogens with zero attached hydrogens (tertiary/aromatic N) is 4. The molecule has 8 nitrogen and oxygen atoms in total. The minimum atomic E-state index is -0.336. The second-order valence-electron chi connectivity index (χ2n) is 2.96. The highest BCUT2D eigenvalue weighted by atomic mass is 16.1. The van der Waals surface area contributed by atoms with Crippen LogP contribution in [0.4, 0.5) is 5.82 Å². The highest BCUT2D eigenvalue weighted by molar-refractivity contribution is 5.92. The number of aromatic amines is 1. The second kappa shape index (κ2) is 4.34. The van der Waals surface area contributed by atoms with Crippen molar-refractivity contribution in [3.8, 4) is 0 Å². The number of H-pyrrole nitrogens is 1. The van der Waals surface area contributed by atoms with Gasteiger partial charge in [-0.1, -0.05) is 11.3 Å². The van der Waals surface area contributed by atoms with Crippen molar-refractivity contribution in [2.75, 3.05) is 5.73 Å². The van der Waals surface area contributed by atoms with Crippen LogP contribution >= 0.6 is 0 Å². The molecule has 16 heavy (non-hydrogen) atoms. The first-order valence-corrected chi connectivity index (χ1v) is 4.49. The van der Waals surface area contributed by atoms with Crippen LogP contribution in [0.15, 0.2) is 18.2 Å². The van der Waals surface area contributed by atoms with Crippen molar-refractivity contribution < 1.29 is 4.79 Å². The SMILES string of the molecule is Nc1cccc(C(=O)NCc2nn[nH]n2)n1. The molecule has 0 aliphatic rings. The molecule has 1 amide bonds. The third kappa shape index (κ3) is 2.29. The molecule has 0 aromatic carbocycles. The van der Waals surface area contributed by atoms with Gasteiger partial charge in [0.25, 0.3) is 5.91 Å². The van der Waals surface area contributed by atoms with Gasteiger partial charge in [-0.05, 0) is 12.1 Å². The van der Waals surface area contributed by atoms with Gasteiger partial charge in [0.1, 0.15) is 11.5 Å². The number of hydrogen-bond acceptors (Lipinski definition) is 6. The number of anilines is 1. The number of carbonyl (C=O) groups is 1. The molecule has 2 heterocycles. The highest BCUT2D eigenvalue weighted by Crippen LogP contribution is 2.00. The van der Waals surface area contributed by atoms with E-state index in [0.717, 1.165) is 0 Å². The van der Waals surface area contributed by atoms with Crippen LogP contribution < -0.4 is 11.1 Å². The summed E-state index contributed by atoms with van der Waals surface area (Å²) in [4.78, 5) is 15.5. The number of hydrogen-bond donors (Lipinski definition) is 3. The summed E-state index contributed by atoms with van der Waals surface area (Å²) in [6.45, 7) is 0.186. The van der Waals surface area contributed by atoms with Crippen LogP contribution in [0.5, 0.6) is 0 Å². The van der Waals surface area contributed by atoms with Crippen LogP contribution in [-0.2, 0) is 6.54 Å². The first-order chi connectivity index (χ1) is 7.75. The number of nitrogen functional groups attached to an aromatic ring is 1. The summed E-state index contributed by atoms with van der Waals surface area (Å²) in [6, 6.07) is 4.84. The molecule has 2 aromatic heterocycles. The number of nitrogens with one attached hydrogen (secondary N) is 2. The molecule has 8 heteroatoms. The van der Waals surface area contributed by atoms with Gasteiger partial charge in [0.2, 0.25) is 0 Å². The smallest absolute Gasteiger partial charge is 0.270 e. The molecular formula is C8H9N7O. The lowest BCUT2D eigenvalue weighted by molar-refractivity contribution is 0.0945. The number of amides is 1. The number of aromatic nitrogens is 5. The van der Waals surface area contributed by atoms with Crippen molar-refractivity contribution in [2.24, 2.45) is 0 Å². The van der Waals surface area contributed by atoms with Gasteiger partial charge in [0.05, 0.1) is 6.54 Å². The molecule has 0 fully saturated rings. The first-order valence-electron chi connectivity index (χ1n) is 4.49. The van der Waals surface area contributed by atoms with E-state index in [1.807, 2.05) is 0 Å². The van der Waals surface area contributed by atoms with Crippen LogP contribution in [0, 0.1) is 0 Å². The van der Waals surface area contributed by atoms with E-state index in [1.165, 1.54) is 0 Å². The van der Waals surface area contributed by atoms with Crippen molar-refractivity contribution in [3.63, 3.8) is 0 Å². The molecule has 0 aliphatic heterocycles. The molecule has 0 radical (unpaired) electrons. The Bertz CT molecular complexity index is 481. The number of carbonyl (C=O) groups excluding carboxylic acids is 1. The van der Waals surface area contributed by atoms with E-state index in [-0.39, 0.29) is 18.1 Å². The number of tetrazole rings is 1.